The van der Waals surface area contributed by atoms with Gasteiger partial charge in [0.05, 0.1) is 0 Å². The second-order valence-electron chi connectivity index (χ2n) is 1.59. The standard InChI is InChI=1S/C6H11NS2/c1-5(8)6(9-3)4-7-2/h4-5,8H,2H2,1,3H3/b6-4-. The Hall–Kier alpha value is 0.110. The fraction of sp³-hybridized carbons (Fsp3) is 0.500. The van der Waals surface area contributed by atoms with Crippen LogP contribution < -0.4 is 0 Å². The van der Waals surface area contributed by atoms with E-state index in [1.165, 1.54) is 0 Å². The SMILES string of the molecule is C=N/C=C(\SC)C(C)S. The molecule has 0 aromatic carbocycles. The number of aliphatic imine (C=N–C) groups is 1. The van der Waals surface area contributed by atoms with E-state index in [4.69, 9.17) is 0 Å². The second kappa shape index (κ2) is 4.94. The molecule has 0 amide bonds. The molecule has 0 aromatic rings. The summed E-state index contributed by atoms with van der Waals surface area (Å²) >= 11 is 5.88. The van der Waals surface area contributed by atoms with Gasteiger partial charge >= 0.3 is 0 Å². The van der Waals surface area contributed by atoms with Crippen molar-refractivity contribution in [3.05, 3.63) is 11.1 Å². The largest absolute Gasteiger partial charge is 0.272 e. The Morgan fingerprint density at radius 2 is 2.44 bits per heavy atom. The first-order valence-electron chi connectivity index (χ1n) is 2.60. The van der Waals surface area contributed by atoms with E-state index in [1.54, 1.807) is 18.0 Å². The van der Waals surface area contributed by atoms with Gasteiger partial charge in [-0.25, -0.2) is 0 Å². The van der Waals surface area contributed by atoms with Gasteiger partial charge in [0.2, 0.25) is 0 Å². The molecule has 0 rings (SSSR count). The molecule has 0 saturated heterocycles. The Labute approximate surface area is 66.0 Å². The average Bonchev–Trinajstić information content (AvgIpc) is 1.82. The van der Waals surface area contributed by atoms with Crippen LogP contribution in [-0.4, -0.2) is 18.2 Å². The van der Waals surface area contributed by atoms with E-state index >= 15 is 0 Å². The molecule has 0 radical (unpaired) electrons. The third-order valence-corrected chi connectivity index (χ3v) is 2.25. The highest BCUT2D eigenvalue weighted by molar-refractivity contribution is 8.03. The highest BCUT2D eigenvalue weighted by atomic mass is 32.2. The third-order valence-electron chi connectivity index (χ3n) is 0.866. The smallest absolute Gasteiger partial charge is 0.0366 e. The van der Waals surface area contributed by atoms with Crippen LogP contribution in [0.4, 0.5) is 0 Å². The summed E-state index contributed by atoms with van der Waals surface area (Å²) in [5, 5.41) is 0.269. The van der Waals surface area contributed by atoms with Crippen molar-refractivity contribution in [3.63, 3.8) is 0 Å². The maximum absolute atomic E-state index is 4.23. The van der Waals surface area contributed by atoms with Crippen LogP contribution in [-0.2, 0) is 0 Å². The molecule has 52 valence electrons. The minimum Gasteiger partial charge on any atom is -0.272 e. The Balaban J connectivity index is 3.96. The summed E-state index contributed by atoms with van der Waals surface area (Å²) in [6, 6.07) is 0. The fourth-order valence-corrected chi connectivity index (χ4v) is 1.33. The first kappa shape index (κ1) is 9.11. The molecule has 0 aliphatic rings. The topological polar surface area (TPSA) is 12.4 Å². The van der Waals surface area contributed by atoms with Crippen LogP contribution in [0.1, 0.15) is 6.92 Å². The second-order valence-corrected chi connectivity index (χ2v) is 3.25. The number of rotatable bonds is 3. The van der Waals surface area contributed by atoms with Crippen molar-refractivity contribution < 1.29 is 0 Å². The van der Waals surface area contributed by atoms with Crippen molar-refractivity contribution in [2.75, 3.05) is 6.26 Å². The predicted octanol–water partition coefficient (Wildman–Crippen LogP) is 2.21. The average molecular weight is 161 g/mol. The van der Waals surface area contributed by atoms with Crippen LogP contribution in [0.15, 0.2) is 16.1 Å². The van der Waals surface area contributed by atoms with Crippen molar-refractivity contribution in [1.82, 2.24) is 0 Å². The molecule has 1 nitrogen and oxygen atoms in total. The molecular weight excluding hydrogens is 150 g/mol. The summed E-state index contributed by atoms with van der Waals surface area (Å²) < 4.78 is 0. The van der Waals surface area contributed by atoms with Crippen LogP contribution in [0.3, 0.4) is 0 Å². The molecule has 1 atom stereocenters. The molecule has 0 aliphatic heterocycles. The molecule has 0 spiro atoms. The molecule has 0 fully saturated rings. The minimum absolute atomic E-state index is 0.269. The van der Waals surface area contributed by atoms with E-state index in [1.807, 2.05) is 13.2 Å². The Bertz CT molecular complexity index is 118. The molecular formula is C6H11NS2. The number of thiol groups is 1. The monoisotopic (exact) mass is 161 g/mol. The quantitative estimate of drug-likeness (QED) is 0.494. The number of nitrogens with zero attached hydrogens (tertiary/aromatic N) is 1. The lowest BCUT2D eigenvalue weighted by Gasteiger charge is -2.03. The van der Waals surface area contributed by atoms with E-state index in [0.717, 1.165) is 4.91 Å². The summed E-state index contributed by atoms with van der Waals surface area (Å²) in [5.41, 5.74) is 0. The highest BCUT2D eigenvalue weighted by Gasteiger charge is 1.99. The van der Waals surface area contributed by atoms with Gasteiger partial charge in [0, 0.05) is 16.4 Å². The van der Waals surface area contributed by atoms with Crippen molar-refractivity contribution in [2.45, 2.75) is 12.2 Å². The first-order valence-corrected chi connectivity index (χ1v) is 4.34. The molecule has 0 aromatic heterocycles. The molecule has 3 heteroatoms. The molecule has 0 heterocycles. The third kappa shape index (κ3) is 3.65. The fourth-order valence-electron chi connectivity index (χ4n) is 0.421. The minimum atomic E-state index is 0.269. The van der Waals surface area contributed by atoms with Crippen LogP contribution in [0.2, 0.25) is 0 Å². The van der Waals surface area contributed by atoms with E-state index in [9.17, 15) is 0 Å². The summed E-state index contributed by atoms with van der Waals surface area (Å²) in [5.74, 6) is 0. The van der Waals surface area contributed by atoms with Crippen molar-refractivity contribution in [1.29, 1.82) is 0 Å². The summed E-state index contributed by atoms with van der Waals surface area (Å²) in [4.78, 5) is 4.79. The Morgan fingerprint density at radius 1 is 1.89 bits per heavy atom. The number of thioether (sulfide) groups is 1. The molecule has 1 unspecified atom stereocenters. The lowest BCUT2D eigenvalue weighted by atomic mass is 10.4. The van der Waals surface area contributed by atoms with E-state index < -0.39 is 0 Å². The maximum atomic E-state index is 4.23. The molecule has 9 heavy (non-hydrogen) atoms. The van der Waals surface area contributed by atoms with E-state index in [-0.39, 0.29) is 5.25 Å². The zero-order valence-electron chi connectivity index (χ0n) is 5.66. The van der Waals surface area contributed by atoms with Crippen LogP contribution in [0.25, 0.3) is 0 Å². The van der Waals surface area contributed by atoms with Crippen molar-refractivity contribution >= 4 is 31.1 Å². The zero-order chi connectivity index (χ0) is 7.28. The summed E-state index contributed by atoms with van der Waals surface area (Å²) in [7, 11) is 0. The van der Waals surface area contributed by atoms with Gasteiger partial charge in [0.15, 0.2) is 0 Å². The van der Waals surface area contributed by atoms with Crippen LogP contribution in [0.5, 0.6) is 0 Å². The van der Waals surface area contributed by atoms with Crippen molar-refractivity contribution in [3.8, 4) is 0 Å². The molecule has 0 N–H and O–H groups in total. The maximum Gasteiger partial charge on any atom is 0.0366 e. The molecule has 0 saturated carbocycles. The van der Waals surface area contributed by atoms with Gasteiger partial charge < -0.3 is 0 Å². The lowest BCUT2D eigenvalue weighted by molar-refractivity contribution is 1.22. The number of hydrogen-bond donors (Lipinski definition) is 1. The predicted molar refractivity (Wildman–Crippen MR) is 49.6 cm³/mol. The first-order chi connectivity index (χ1) is 4.22. The van der Waals surface area contributed by atoms with Gasteiger partial charge in [-0.3, -0.25) is 4.99 Å². The van der Waals surface area contributed by atoms with Gasteiger partial charge in [-0.1, -0.05) is 0 Å². The van der Waals surface area contributed by atoms with Gasteiger partial charge in [-0.15, -0.1) is 11.8 Å². The molecule has 0 bridgehead atoms. The van der Waals surface area contributed by atoms with Crippen molar-refractivity contribution in [2.24, 2.45) is 4.99 Å². The van der Waals surface area contributed by atoms with E-state index in [2.05, 4.69) is 24.3 Å². The van der Waals surface area contributed by atoms with Crippen LogP contribution in [0, 0.1) is 0 Å². The van der Waals surface area contributed by atoms with Gasteiger partial charge in [-0.2, -0.15) is 12.6 Å². The summed E-state index contributed by atoms with van der Waals surface area (Å²) in [6.07, 6.45) is 3.74. The lowest BCUT2D eigenvalue weighted by Crippen LogP contribution is -1.90. The van der Waals surface area contributed by atoms with Crippen LogP contribution >= 0.6 is 24.4 Å². The normalized spacial score (nSPS) is 15.2. The molecule has 0 aliphatic carbocycles. The van der Waals surface area contributed by atoms with Gasteiger partial charge in [0.1, 0.15) is 0 Å². The van der Waals surface area contributed by atoms with Gasteiger partial charge in [0.25, 0.3) is 0 Å². The van der Waals surface area contributed by atoms with E-state index in [0.29, 0.717) is 0 Å². The zero-order valence-corrected chi connectivity index (χ0v) is 7.38. The summed E-state index contributed by atoms with van der Waals surface area (Å²) in [6.45, 7) is 5.37. The Kier molecular flexibility index (Phi) is 5.00. The highest BCUT2D eigenvalue weighted by Crippen LogP contribution is 2.19. The number of hydrogen-bond acceptors (Lipinski definition) is 3. The van der Waals surface area contributed by atoms with Gasteiger partial charge in [-0.05, 0) is 19.9 Å². The Morgan fingerprint density at radius 3 is 2.56 bits per heavy atom.